The zero-order chi connectivity index (χ0) is 7.97. The van der Waals surface area contributed by atoms with Crippen LogP contribution in [0.5, 0.6) is 0 Å². The van der Waals surface area contributed by atoms with Crippen molar-refractivity contribution >= 4 is 0 Å². The summed E-state index contributed by atoms with van der Waals surface area (Å²) in [5.74, 6) is 1.93. The van der Waals surface area contributed by atoms with Crippen LogP contribution in [0, 0.1) is 5.92 Å². The maximum Gasteiger partial charge on any atom is -0.0128 e. The molecular formula is C12H14. The second-order valence-electron chi connectivity index (χ2n) is 4.20. The van der Waals surface area contributed by atoms with Gasteiger partial charge in [-0.2, -0.15) is 0 Å². The highest BCUT2D eigenvalue weighted by atomic mass is 14.4. The van der Waals surface area contributed by atoms with Crippen LogP contribution >= 0.6 is 0 Å². The van der Waals surface area contributed by atoms with E-state index in [-0.39, 0.29) is 0 Å². The highest BCUT2D eigenvalue weighted by Gasteiger charge is 2.35. The Labute approximate surface area is 73.6 Å². The third-order valence-corrected chi connectivity index (χ3v) is 3.60. The molecule has 0 amide bonds. The van der Waals surface area contributed by atoms with Gasteiger partial charge in [0.2, 0.25) is 0 Å². The van der Waals surface area contributed by atoms with Crippen LogP contribution in [0.1, 0.15) is 36.3 Å². The van der Waals surface area contributed by atoms with E-state index in [4.69, 9.17) is 0 Å². The summed E-state index contributed by atoms with van der Waals surface area (Å²) < 4.78 is 0. The first-order valence-corrected chi connectivity index (χ1v) is 5.03. The fourth-order valence-electron chi connectivity index (χ4n) is 3.05. The molecule has 0 nitrogen and oxygen atoms in total. The lowest BCUT2D eigenvalue weighted by Gasteiger charge is -2.08. The largest absolute Gasteiger partial charge is 0.0620 e. The van der Waals surface area contributed by atoms with Gasteiger partial charge >= 0.3 is 0 Å². The average molecular weight is 158 g/mol. The van der Waals surface area contributed by atoms with Gasteiger partial charge in [-0.25, -0.2) is 0 Å². The first-order valence-electron chi connectivity index (χ1n) is 5.03. The molecule has 1 aromatic carbocycles. The molecule has 3 rings (SSSR count). The number of hydrogen-bond acceptors (Lipinski definition) is 0. The van der Waals surface area contributed by atoms with Gasteiger partial charge in [-0.05, 0) is 42.2 Å². The highest BCUT2D eigenvalue weighted by Crippen LogP contribution is 2.47. The molecule has 0 radical (unpaired) electrons. The lowest BCUT2D eigenvalue weighted by molar-refractivity contribution is 0.527. The summed E-state index contributed by atoms with van der Waals surface area (Å²) in [6.45, 7) is 0. The molecule has 1 aromatic rings. The van der Waals surface area contributed by atoms with Crippen molar-refractivity contribution in [2.75, 3.05) is 0 Å². The molecule has 2 aliphatic carbocycles. The SMILES string of the molecule is c1ccc2c(c1)CC1CCCC21. The first kappa shape index (κ1) is 6.71. The molecular weight excluding hydrogens is 144 g/mol. The van der Waals surface area contributed by atoms with Crippen molar-refractivity contribution in [3.63, 3.8) is 0 Å². The Bertz CT molecular complexity index is 301. The minimum atomic E-state index is 0.932. The van der Waals surface area contributed by atoms with E-state index >= 15 is 0 Å². The normalized spacial score (nSPS) is 31.7. The van der Waals surface area contributed by atoms with Gasteiger partial charge in [0.15, 0.2) is 0 Å². The molecule has 2 aliphatic rings. The second-order valence-corrected chi connectivity index (χ2v) is 4.20. The van der Waals surface area contributed by atoms with Gasteiger partial charge in [0, 0.05) is 0 Å². The Morgan fingerprint density at radius 3 is 3.00 bits per heavy atom. The summed E-state index contributed by atoms with van der Waals surface area (Å²) in [4.78, 5) is 0. The van der Waals surface area contributed by atoms with Crippen molar-refractivity contribution in [2.45, 2.75) is 31.6 Å². The molecule has 12 heavy (non-hydrogen) atoms. The van der Waals surface area contributed by atoms with Gasteiger partial charge in [0.1, 0.15) is 0 Å². The molecule has 0 heterocycles. The lowest BCUT2D eigenvalue weighted by Crippen LogP contribution is -1.97. The molecule has 0 aromatic heterocycles. The van der Waals surface area contributed by atoms with Crippen LogP contribution in [0.4, 0.5) is 0 Å². The predicted molar refractivity (Wildman–Crippen MR) is 50.2 cm³/mol. The van der Waals surface area contributed by atoms with E-state index in [9.17, 15) is 0 Å². The van der Waals surface area contributed by atoms with E-state index in [0.717, 1.165) is 11.8 Å². The standard InChI is InChI=1S/C12H14/c1-2-6-11-9(4-1)8-10-5-3-7-12(10)11/h1-2,4,6,10,12H,3,5,7-8H2. The third kappa shape index (κ3) is 0.782. The third-order valence-electron chi connectivity index (χ3n) is 3.60. The van der Waals surface area contributed by atoms with Crippen LogP contribution in [0.3, 0.4) is 0 Å². The summed E-state index contributed by atoms with van der Waals surface area (Å²) in [7, 11) is 0. The molecule has 0 saturated heterocycles. The van der Waals surface area contributed by atoms with Crippen molar-refractivity contribution in [3.05, 3.63) is 35.4 Å². The fraction of sp³-hybridized carbons (Fsp3) is 0.500. The summed E-state index contributed by atoms with van der Waals surface area (Å²) in [5, 5.41) is 0. The van der Waals surface area contributed by atoms with Gasteiger partial charge < -0.3 is 0 Å². The molecule has 62 valence electrons. The maximum atomic E-state index is 2.34. The molecule has 2 unspecified atom stereocenters. The molecule has 1 fully saturated rings. The van der Waals surface area contributed by atoms with Crippen LogP contribution in [-0.2, 0) is 6.42 Å². The number of rotatable bonds is 0. The monoisotopic (exact) mass is 158 g/mol. The summed E-state index contributed by atoms with van der Waals surface area (Å²) in [6.07, 6.45) is 5.74. The quantitative estimate of drug-likeness (QED) is 0.544. The highest BCUT2D eigenvalue weighted by molar-refractivity contribution is 5.36. The zero-order valence-electron chi connectivity index (χ0n) is 7.29. The van der Waals surface area contributed by atoms with Crippen LogP contribution in [-0.4, -0.2) is 0 Å². The van der Waals surface area contributed by atoms with Crippen molar-refractivity contribution < 1.29 is 0 Å². The minimum Gasteiger partial charge on any atom is -0.0620 e. The summed E-state index contributed by atoms with van der Waals surface area (Å²) in [5.41, 5.74) is 3.30. The zero-order valence-corrected chi connectivity index (χ0v) is 7.29. The second kappa shape index (κ2) is 2.35. The molecule has 0 spiro atoms. The summed E-state index contributed by atoms with van der Waals surface area (Å²) in [6, 6.07) is 9.03. The molecule has 0 heteroatoms. The predicted octanol–water partition coefficient (Wildman–Crippen LogP) is 3.13. The first-order chi connectivity index (χ1) is 5.95. The topological polar surface area (TPSA) is 0 Å². The Morgan fingerprint density at radius 2 is 2.00 bits per heavy atom. The lowest BCUT2D eigenvalue weighted by atomic mass is 9.97. The molecule has 2 atom stereocenters. The number of benzene rings is 1. The molecule has 0 N–H and O–H groups in total. The maximum absolute atomic E-state index is 2.34. The number of hydrogen-bond donors (Lipinski definition) is 0. The van der Waals surface area contributed by atoms with E-state index in [1.54, 1.807) is 11.1 Å². The van der Waals surface area contributed by atoms with Crippen molar-refractivity contribution in [3.8, 4) is 0 Å². The molecule has 1 saturated carbocycles. The van der Waals surface area contributed by atoms with Gasteiger partial charge in [-0.3, -0.25) is 0 Å². The van der Waals surface area contributed by atoms with Crippen molar-refractivity contribution in [2.24, 2.45) is 5.92 Å². The van der Waals surface area contributed by atoms with E-state index in [1.165, 1.54) is 25.7 Å². The smallest absolute Gasteiger partial charge is 0.0128 e. The van der Waals surface area contributed by atoms with Crippen molar-refractivity contribution in [1.29, 1.82) is 0 Å². The number of fused-ring (bicyclic) bond motifs is 3. The Kier molecular flexibility index (Phi) is 1.31. The Balaban J connectivity index is 2.09. The van der Waals surface area contributed by atoms with Crippen LogP contribution in [0.15, 0.2) is 24.3 Å². The molecule has 0 aliphatic heterocycles. The van der Waals surface area contributed by atoms with E-state index < -0.39 is 0 Å². The van der Waals surface area contributed by atoms with E-state index in [1.807, 2.05) is 0 Å². The van der Waals surface area contributed by atoms with E-state index in [2.05, 4.69) is 24.3 Å². The van der Waals surface area contributed by atoms with Gasteiger partial charge in [0.25, 0.3) is 0 Å². The van der Waals surface area contributed by atoms with Crippen LogP contribution < -0.4 is 0 Å². The van der Waals surface area contributed by atoms with Gasteiger partial charge in [-0.1, -0.05) is 30.7 Å². The van der Waals surface area contributed by atoms with Gasteiger partial charge in [0.05, 0.1) is 0 Å². The summed E-state index contributed by atoms with van der Waals surface area (Å²) >= 11 is 0. The molecule has 0 bridgehead atoms. The van der Waals surface area contributed by atoms with Crippen molar-refractivity contribution in [1.82, 2.24) is 0 Å². The average Bonchev–Trinajstić information content (AvgIpc) is 2.62. The van der Waals surface area contributed by atoms with Gasteiger partial charge in [-0.15, -0.1) is 0 Å². The van der Waals surface area contributed by atoms with Crippen LogP contribution in [0.2, 0.25) is 0 Å². The Hall–Kier alpha value is -0.780. The van der Waals surface area contributed by atoms with E-state index in [0.29, 0.717) is 0 Å². The Morgan fingerprint density at radius 1 is 1.08 bits per heavy atom. The van der Waals surface area contributed by atoms with Crippen LogP contribution in [0.25, 0.3) is 0 Å². The fourth-order valence-corrected chi connectivity index (χ4v) is 3.05. The minimum absolute atomic E-state index is 0.932.